The van der Waals surface area contributed by atoms with Gasteiger partial charge in [0.05, 0.1) is 5.69 Å². The van der Waals surface area contributed by atoms with Crippen LogP contribution >= 0.6 is 11.6 Å². The third-order valence-electron chi connectivity index (χ3n) is 2.59. The van der Waals surface area contributed by atoms with E-state index in [1.807, 2.05) is 25.5 Å². The lowest BCUT2D eigenvalue weighted by Crippen LogP contribution is -2.10. The molecule has 0 aliphatic heterocycles. The van der Waals surface area contributed by atoms with Gasteiger partial charge in [0.15, 0.2) is 0 Å². The van der Waals surface area contributed by atoms with Gasteiger partial charge in [0.1, 0.15) is 5.65 Å². The summed E-state index contributed by atoms with van der Waals surface area (Å²) in [5.41, 5.74) is 2.36. The maximum Gasteiger partial charge on any atom is 0.249 e. The molecule has 0 radical (unpaired) electrons. The van der Waals surface area contributed by atoms with Crippen LogP contribution in [0.5, 0.6) is 0 Å². The van der Waals surface area contributed by atoms with Gasteiger partial charge in [0.2, 0.25) is 5.56 Å². The first-order chi connectivity index (χ1) is 7.54. The lowest BCUT2D eigenvalue weighted by atomic mass is 10.2. The molecule has 5 heteroatoms. The Balaban J connectivity index is 2.90. The van der Waals surface area contributed by atoms with Crippen molar-refractivity contribution < 1.29 is 0 Å². The third kappa shape index (κ3) is 1.63. The third-order valence-corrected chi connectivity index (χ3v) is 2.87. The summed E-state index contributed by atoms with van der Waals surface area (Å²) in [4.78, 5) is 14.3. The molecule has 2 aromatic heterocycles. The van der Waals surface area contributed by atoms with Gasteiger partial charge >= 0.3 is 0 Å². The van der Waals surface area contributed by atoms with Gasteiger partial charge in [-0.25, -0.2) is 4.68 Å². The minimum atomic E-state index is -0.134. The van der Waals surface area contributed by atoms with E-state index in [0.717, 1.165) is 22.3 Å². The van der Waals surface area contributed by atoms with Crippen molar-refractivity contribution in [3.63, 3.8) is 0 Å². The van der Waals surface area contributed by atoms with Crippen molar-refractivity contribution >= 4 is 22.6 Å². The summed E-state index contributed by atoms with van der Waals surface area (Å²) in [6.07, 6.45) is 0. The first kappa shape index (κ1) is 11.2. The molecule has 0 atom stereocenters. The van der Waals surface area contributed by atoms with E-state index in [1.165, 1.54) is 6.07 Å². The van der Waals surface area contributed by atoms with Gasteiger partial charge in [-0.05, 0) is 26.3 Å². The molecule has 0 aromatic carbocycles. The topological polar surface area (TPSA) is 50.7 Å². The van der Waals surface area contributed by atoms with Crippen LogP contribution in [0, 0.1) is 6.92 Å². The Morgan fingerprint density at radius 3 is 2.81 bits per heavy atom. The van der Waals surface area contributed by atoms with E-state index < -0.39 is 0 Å². The average Bonchev–Trinajstić information content (AvgIpc) is 2.55. The van der Waals surface area contributed by atoms with Gasteiger partial charge < -0.3 is 4.98 Å². The van der Waals surface area contributed by atoms with Crippen LogP contribution in [0.3, 0.4) is 0 Å². The highest BCUT2D eigenvalue weighted by Gasteiger charge is 2.14. The lowest BCUT2D eigenvalue weighted by Gasteiger charge is -2.06. The molecule has 0 aliphatic carbocycles. The van der Waals surface area contributed by atoms with Crippen molar-refractivity contribution in [2.45, 2.75) is 32.7 Å². The molecular formula is C11H14ClN3O. The van der Waals surface area contributed by atoms with Crippen LogP contribution in [0.4, 0.5) is 0 Å². The van der Waals surface area contributed by atoms with Crippen molar-refractivity contribution in [2.75, 3.05) is 0 Å². The minimum absolute atomic E-state index is 0.134. The molecule has 0 amide bonds. The zero-order valence-corrected chi connectivity index (χ0v) is 10.3. The molecule has 86 valence electrons. The van der Waals surface area contributed by atoms with E-state index in [4.69, 9.17) is 11.6 Å². The van der Waals surface area contributed by atoms with E-state index in [9.17, 15) is 4.79 Å². The number of hydrogen-bond donors (Lipinski definition) is 1. The molecule has 0 saturated carbocycles. The van der Waals surface area contributed by atoms with Crippen LogP contribution < -0.4 is 5.56 Å². The Bertz CT molecular complexity index is 583. The summed E-state index contributed by atoms with van der Waals surface area (Å²) < 4.78 is 1.82. The molecule has 0 spiro atoms. The van der Waals surface area contributed by atoms with Gasteiger partial charge in [0, 0.05) is 23.4 Å². The van der Waals surface area contributed by atoms with Gasteiger partial charge in [-0.2, -0.15) is 5.10 Å². The van der Waals surface area contributed by atoms with E-state index in [-0.39, 0.29) is 11.6 Å². The Morgan fingerprint density at radius 2 is 2.25 bits per heavy atom. The van der Waals surface area contributed by atoms with Gasteiger partial charge in [-0.15, -0.1) is 11.6 Å². The molecule has 0 unspecified atom stereocenters. The fourth-order valence-electron chi connectivity index (χ4n) is 1.91. The van der Waals surface area contributed by atoms with Crippen LogP contribution in [0.1, 0.15) is 31.1 Å². The number of rotatable bonds is 2. The molecule has 0 aliphatic rings. The first-order valence-electron chi connectivity index (χ1n) is 5.21. The molecule has 16 heavy (non-hydrogen) atoms. The predicted molar refractivity (Wildman–Crippen MR) is 65.0 cm³/mol. The number of aromatic amines is 1. The van der Waals surface area contributed by atoms with Crippen molar-refractivity contribution in [1.82, 2.24) is 14.8 Å². The van der Waals surface area contributed by atoms with Crippen molar-refractivity contribution in [3.8, 4) is 0 Å². The summed E-state index contributed by atoms with van der Waals surface area (Å²) in [5.74, 6) is 0.324. The van der Waals surface area contributed by atoms with Crippen LogP contribution in [0.15, 0.2) is 10.9 Å². The number of fused-ring (bicyclic) bond motifs is 1. The molecule has 0 fully saturated rings. The quantitative estimate of drug-likeness (QED) is 0.818. The van der Waals surface area contributed by atoms with E-state index in [2.05, 4.69) is 10.1 Å². The number of pyridine rings is 1. The maximum atomic E-state index is 11.5. The molecule has 2 aromatic rings. The largest absolute Gasteiger partial charge is 0.307 e. The highest BCUT2D eigenvalue weighted by molar-refractivity contribution is 6.18. The van der Waals surface area contributed by atoms with Crippen LogP contribution in [-0.4, -0.2) is 14.8 Å². The number of alkyl halides is 1. The minimum Gasteiger partial charge on any atom is -0.307 e. The van der Waals surface area contributed by atoms with Gasteiger partial charge in [-0.1, -0.05) is 0 Å². The fraction of sp³-hybridized carbons (Fsp3) is 0.455. The Morgan fingerprint density at radius 1 is 1.56 bits per heavy atom. The number of nitrogens with zero attached hydrogens (tertiary/aromatic N) is 2. The Hall–Kier alpha value is -1.29. The van der Waals surface area contributed by atoms with Crippen molar-refractivity contribution in [2.24, 2.45) is 0 Å². The van der Waals surface area contributed by atoms with Crippen molar-refractivity contribution in [3.05, 3.63) is 27.7 Å². The summed E-state index contributed by atoms with van der Waals surface area (Å²) in [5, 5.41) is 5.39. The van der Waals surface area contributed by atoms with Gasteiger partial charge in [-0.3, -0.25) is 4.79 Å². The summed E-state index contributed by atoms with van der Waals surface area (Å²) in [7, 11) is 0. The molecule has 4 nitrogen and oxygen atoms in total. The highest BCUT2D eigenvalue weighted by atomic mass is 35.5. The second-order valence-corrected chi connectivity index (χ2v) is 4.41. The number of halogens is 1. The first-order valence-corrected chi connectivity index (χ1v) is 5.75. The Kier molecular flexibility index (Phi) is 2.76. The number of H-pyrrole nitrogens is 1. The monoisotopic (exact) mass is 239 g/mol. The van der Waals surface area contributed by atoms with Crippen molar-refractivity contribution in [1.29, 1.82) is 0 Å². The van der Waals surface area contributed by atoms with Crippen LogP contribution in [-0.2, 0) is 5.88 Å². The highest BCUT2D eigenvalue weighted by Crippen LogP contribution is 2.22. The number of hydrogen-bond acceptors (Lipinski definition) is 2. The summed E-state index contributed by atoms with van der Waals surface area (Å²) in [6.45, 7) is 5.98. The smallest absolute Gasteiger partial charge is 0.249 e. The molecule has 2 heterocycles. The lowest BCUT2D eigenvalue weighted by molar-refractivity contribution is 0.542. The van der Waals surface area contributed by atoms with Crippen LogP contribution in [0.2, 0.25) is 0 Å². The second-order valence-electron chi connectivity index (χ2n) is 4.14. The van der Waals surface area contributed by atoms with E-state index in [1.54, 1.807) is 0 Å². The number of nitrogens with one attached hydrogen (secondary N) is 1. The number of aromatic nitrogens is 3. The Labute approximate surface area is 98.2 Å². The predicted octanol–water partition coefficient (Wildman–Crippen LogP) is 2.35. The SMILES string of the molecule is Cc1nn(C(C)C)c2[nH]c(=O)cc(CCl)c12. The van der Waals surface area contributed by atoms with Gasteiger partial charge in [0.25, 0.3) is 0 Å². The molecule has 0 bridgehead atoms. The zero-order chi connectivity index (χ0) is 11.9. The van der Waals surface area contributed by atoms with E-state index in [0.29, 0.717) is 5.88 Å². The molecule has 0 saturated heterocycles. The zero-order valence-electron chi connectivity index (χ0n) is 9.54. The van der Waals surface area contributed by atoms with E-state index >= 15 is 0 Å². The normalized spacial score (nSPS) is 11.6. The second kappa shape index (κ2) is 3.94. The molecule has 1 N–H and O–H groups in total. The fourth-order valence-corrected chi connectivity index (χ4v) is 2.12. The molecule has 2 rings (SSSR count). The number of aryl methyl sites for hydroxylation is 1. The average molecular weight is 240 g/mol. The summed E-state index contributed by atoms with van der Waals surface area (Å²) >= 11 is 5.85. The van der Waals surface area contributed by atoms with Crippen LogP contribution in [0.25, 0.3) is 11.0 Å². The summed E-state index contributed by atoms with van der Waals surface area (Å²) in [6, 6.07) is 1.74. The molecular weight excluding hydrogens is 226 g/mol. The standard InChI is InChI=1S/C11H14ClN3O/c1-6(2)15-11-10(7(3)14-15)8(5-12)4-9(16)13-11/h4,6H,5H2,1-3H3,(H,13,16). The maximum absolute atomic E-state index is 11.5.